The van der Waals surface area contributed by atoms with Crippen molar-refractivity contribution < 1.29 is 4.84 Å². The van der Waals surface area contributed by atoms with Crippen LogP contribution in [0.2, 0.25) is 0 Å². The Morgan fingerprint density at radius 3 is 3.00 bits per heavy atom. The second-order valence-corrected chi connectivity index (χ2v) is 4.16. The molecular formula is C11H11N3OS. The number of hydrogen-bond donors (Lipinski definition) is 0. The van der Waals surface area contributed by atoms with E-state index in [9.17, 15) is 0 Å². The van der Waals surface area contributed by atoms with Crippen molar-refractivity contribution in [3.63, 3.8) is 0 Å². The lowest BCUT2D eigenvalue weighted by Crippen LogP contribution is -1.90. The first-order valence-corrected chi connectivity index (χ1v) is 5.57. The summed E-state index contributed by atoms with van der Waals surface area (Å²) in [6, 6.07) is 3.88. The zero-order valence-electron chi connectivity index (χ0n) is 9.04. The first kappa shape index (κ1) is 10.8. The molecule has 5 heteroatoms. The molecule has 0 radical (unpaired) electrons. The quantitative estimate of drug-likeness (QED) is 0.604. The molecule has 0 atom stereocenters. The first-order valence-electron chi connectivity index (χ1n) is 4.75. The van der Waals surface area contributed by atoms with Crippen LogP contribution in [0.15, 0.2) is 35.9 Å². The summed E-state index contributed by atoms with van der Waals surface area (Å²) in [4.78, 5) is 14.1. The van der Waals surface area contributed by atoms with Crippen LogP contribution in [0, 0.1) is 0 Å². The fraction of sp³-hybridized carbons (Fsp3) is 0.182. The van der Waals surface area contributed by atoms with Gasteiger partial charge in [-0.05, 0) is 19.1 Å². The minimum absolute atomic E-state index is 0.829. The van der Waals surface area contributed by atoms with Gasteiger partial charge in [-0.15, -0.1) is 11.3 Å². The summed E-state index contributed by atoms with van der Waals surface area (Å²) in [5.74, 6) is 0. The molecule has 0 N–H and O–H groups in total. The molecule has 0 unspecified atom stereocenters. The topological polar surface area (TPSA) is 47.4 Å². The summed E-state index contributed by atoms with van der Waals surface area (Å²) in [6.07, 6.45) is 5.34. The van der Waals surface area contributed by atoms with E-state index in [1.165, 1.54) is 7.11 Å². The molecule has 0 saturated heterocycles. The number of hydrogen-bond acceptors (Lipinski definition) is 5. The number of thiazole rings is 1. The summed E-state index contributed by atoms with van der Waals surface area (Å²) >= 11 is 1.57. The maximum Gasteiger partial charge on any atom is 0.125 e. The van der Waals surface area contributed by atoms with Crippen molar-refractivity contribution in [3.05, 3.63) is 35.6 Å². The highest BCUT2D eigenvalue weighted by Gasteiger charge is 2.06. The van der Waals surface area contributed by atoms with Crippen molar-refractivity contribution in [3.8, 4) is 10.6 Å². The van der Waals surface area contributed by atoms with Gasteiger partial charge in [0.1, 0.15) is 12.1 Å². The SMILES string of the molecule is CON=C(C)c1cnc(-c2cccnc2)s1. The van der Waals surface area contributed by atoms with Gasteiger partial charge in [-0.1, -0.05) is 5.16 Å². The molecule has 0 aromatic carbocycles. The summed E-state index contributed by atoms with van der Waals surface area (Å²) < 4.78 is 0. The van der Waals surface area contributed by atoms with E-state index in [1.807, 2.05) is 19.1 Å². The van der Waals surface area contributed by atoms with Crippen LogP contribution < -0.4 is 0 Å². The van der Waals surface area contributed by atoms with Crippen LogP contribution >= 0.6 is 11.3 Å². The van der Waals surface area contributed by atoms with Crippen LogP contribution in [0.1, 0.15) is 11.8 Å². The Bertz CT molecular complexity index is 493. The van der Waals surface area contributed by atoms with E-state index in [1.54, 1.807) is 29.9 Å². The van der Waals surface area contributed by atoms with Crippen LogP contribution in [0.5, 0.6) is 0 Å². The van der Waals surface area contributed by atoms with Gasteiger partial charge in [0.2, 0.25) is 0 Å². The maximum absolute atomic E-state index is 4.73. The molecule has 82 valence electrons. The van der Waals surface area contributed by atoms with E-state index in [-0.39, 0.29) is 0 Å². The monoisotopic (exact) mass is 233 g/mol. The van der Waals surface area contributed by atoms with Gasteiger partial charge in [-0.2, -0.15) is 0 Å². The van der Waals surface area contributed by atoms with Crippen molar-refractivity contribution >= 4 is 17.0 Å². The van der Waals surface area contributed by atoms with Gasteiger partial charge >= 0.3 is 0 Å². The van der Waals surface area contributed by atoms with Gasteiger partial charge in [0.15, 0.2) is 0 Å². The molecule has 0 aliphatic heterocycles. The van der Waals surface area contributed by atoms with Crippen molar-refractivity contribution in [2.45, 2.75) is 6.92 Å². The smallest absolute Gasteiger partial charge is 0.125 e. The lowest BCUT2D eigenvalue weighted by atomic mass is 10.3. The van der Waals surface area contributed by atoms with Crippen molar-refractivity contribution in [2.75, 3.05) is 7.11 Å². The first-order chi connectivity index (χ1) is 7.81. The Hall–Kier alpha value is -1.75. The Labute approximate surface area is 97.6 Å². The van der Waals surface area contributed by atoms with Crippen molar-refractivity contribution in [2.24, 2.45) is 5.16 Å². The van der Waals surface area contributed by atoms with Gasteiger partial charge < -0.3 is 4.84 Å². The standard InChI is InChI=1S/C11H11N3OS/c1-8(14-15-2)10-7-13-11(16-10)9-4-3-5-12-6-9/h3-7H,1-2H3. The Kier molecular flexibility index (Phi) is 3.26. The molecule has 0 bridgehead atoms. The molecule has 2 aromatic heterocycles. The average Bonchev–Trinajstić information content (AvgIpc) is 2.80. The second kappa shape index (κ2) is 4.85. The average molecular weight is 233 g/mol. The lowest BCUT2D eigenvalue weighted by molar-refractivity contribution is 0.213. The van der Waals surface area contributed by atoms with Gasteiger partial charge in [0.25, 0.3) is 0 Å². The van der Waals surface area contributed by atoms with Crippen LogP contribution in [0.3, 0.4) is 0 Å². The van der Waals surface area contributed by atoms with Gasteiger partial charge in [0, 0.05) is 24.2 Å². The molecule has 2 aromatic rings. The van der Waals surface area contributed by atoms with Gasteiger partial charge in [-0.25, -0.2) is 4.98 Å². The number of rotatable bonds is 3. The predicted molar refractivity (Wildman–Crippen MR) is 64.6 cm³/mol. The fourth-order valence-electron chi connectivity index (χ4n) is 1.25. The number of pyridine rings is 1. The molecule has 2 rings (SSSR count). The zero-order chi connectivity index (χ0) is 11.4. The largest absolute Gasteiger partial charge is 0.399 e. The Morgan fingerprint density at radius 2 is 2.31 bits per heavy atom. The zero-order valence-corrected chi connectivity index (χ0v) is 9.86. The van der Waals surface area contributed by atoms with Crippen molar-refractivity contribution in [1.82, 2.24) is 9.97 Å². The molecule has 0 aliphatic carbocycles. The Morgan fingerprint density at radius 1 is 1.44 bits per heavy atom. The molecule has 0 aliphatic rings. The molecule has 0 saturated carbocycles. The van der Waals surface area contributed by atoms with Crippen LogP contribution in [0.25, 0.3) is 10.6 Å². The second-order valence-electron chi connectivity index (χ2n) is 3.13. The molecule has 0 amide bonds. The van der Waals surface area contributed by atoms with E-state index in [2.05, 4.69) is 15.1 Å². The van der Waals surface area contributed by atoms with E-state index < -0.39 is 0 Å². The third-order valence-electron chi connectivity index (χ3n) is 2.00. The highest BCUT2D eigenvalue weighted by atomic mass is 32.1. The lowest BCUT2D eigenvalue weighted by Gasteiger charge is -1.93. The number of oxime groups is 1. The third-order valence-corrected chi connectivity index (χ3v) is 3.15. The summed E-state index contributed by atoms with van der Waals surface area (Å²) in [6.45, 7) is 1.89. The van der Waals surface area contributed by atoms with Crippen molar-refractivity contribution in [1.29, 1.82) is 0 Å². The molecule has 0 fully saturated rings. The maximum atomic E-state index is 4.73. The molecule has 16 heavy (non-hydrogen) atoms. The predicted octanol–water partition coefficient (Wildman–Crippen LogP) is 2.58. The molecule has 0 spiro atoms. The molecular weight excluding hydrogens is 222 g/mol. The molecule has 2 heterocycles. The number of aromatic nitrogens is 2. The summed E-state index contributed by atoms with van der Waals surface area (Å²) in [7, 11) is 1.53. The van der Waals surface area contributed by atoms with E-state index in [0.29, 0.717) is 0 Å². The minimum atomic E-state index is 0.829. The van der Waals surface area contributed by atoms with Crippen LogP contribution in [-0.4, -0.2) is 22.8 Å². The van der Waals surface area contributed by atoms with Gasteiger partial charge in [0.05, 0.1) is 10.6 Å². The van der Waals surface area contributed by atoms with Gasteiger partial charge in [-0.3, -0.25) is 4.98 Å². The fourth-order valence-corrected chi connectivity index (χ4v) is 2.09. The van der Waals surface area contributed by atoms with E-state index in [0.717, 1.165) is 21.2 Å². The van der Waals surface area contributed by atoms with E-state index >= 15 is 0 Å². The minimum Gasteiger partial charge on any atom is -0.399 e. The Balaban J connectivity index is 2.30. The highest BCUT2D eigenvalue weighted by Crippen LogP contribution is 2.24. The van der Waals surface area contributed by atoms with Crippen LogP contribution in [-0.2, 0) is 4.84 Å². The summed E-state index contributed by atoms with van der Waals surface area (Å²) in [5, 5.41) is 4.81. The van der Waals surface area contributed by atoms with Crippen LogP contribution in [0.4, 0.5) is 0 Å². The summed E-state index contributed by atoms with van der Waals surface area (Å²) in [5.41, 5.74) is 1.85. The number of nitrogens with zero attached hydrogens (tertiary/aromatic N) is 3. The van der Waals surface area contributed by atoms with E-state index in [4.69, 9.17) is 4.84 Å². The highest BCUT2D eigenvalue weighted by molar-refractivity contribution is 7.17. The normalized spacial score (nSPS) is 11.5. The molecule has 4 nitrogen and oxygen atoms in total. The third kappa shape index (κ3) is 2.25.